The molecule has 1 fully saturated rings. The summed E-state index contributed by atoms with van der Waals surface area (Å²) in [6.45, 7) is 5.08. The molecule has 0 unspecified atom stereocenters. The first-order valence-electron chi connectivity index (χ1n) is 8.07. The molecule has 0 aromatic heterocycles. The zero-order chi connectivity index (χ0) is 18.2. The summed E-state index contributed by atoms with van der Waals surface area (Å²) in [6, 6.07) is 10.7. The van der Waals surface area contributed by atoms with Crippen LogP contribution >= 0.6 is 0 Å². The van der Waals surface area contributed by atoms with Gasteiger partial charge in [0, 0.05) is 31.4 Å². The average molecular weight is 366 g/mol. The second kappa shape index (κ2) is 6.72. The number of aryl methyl sites for hydroxylation is 1. The molecule has 0 N–H and O–H groups in total. The van der Waals surface area contributed by atoms with E-state index in [-0.39, 0.29) is 17.5 Å². The molecule has 0 spiro atoms. The van der Waals surface area contributed by atoms with Crippen molar-refractivity contribution in [3.8, 4) is 0 Å². The Hall–Kier alpha value is -1.99. The third-order valence-electron chi connectivity index (χ3n) is 4.48. The Labute approximate surface area is 146 Å². The first kappa shape index (κ1) is 17.8. The fourth-order valence-electron chi connectivity index (χ4n) is 3.05. The Kier molecular flexibility index (Phi) is 4.79. The van der Waals surface area contributed by atoms with Crippen LogP contribution in [-0.4, -0.2) is 38.4 Å². The molecular weight excluding hydrogens is 346 g/mol. The lowest BCUT2D eigenvalue weighted by molar-refractivity contribution is 0.342. The molecule has 0 saturated carbocycles. The monoisotopic (exact) mass is 366 g/mol. The van der Waals surface area contributed by atoms with Crippen LogP contribution in [0.5, 0.6) is 0 Å². The van der Waals surface area contributed by atoms with E-state index in [0.717, 1.165) is 29.4 Å². The number of piperazine rings is 1. The van der Waals surface area contributed by atoms with Crippen LogP contribution in [0.3, 0.4) is 0 Å². The van der Waals surface area contributed by atoms with Crippen LogP contribution < -0.4 is 4.90 Å². The molecule has 134 valence electrons. The maximum Gasteiger partial charge on any atom is 0.243 e. The highest BCUT2D eigenvalue weighted by Crippen LogP contribution is 2.25. The highest BCUT2D eigenvalue weighted by Gasteiger charge is 2.32. The first-order valence-corrected chi connectivity index (χ1v) is 9.51. The molecule has 1 aliphatic heterocycles. The van der Waals surface area contributed by atoms with Gasteiger partial charge in [-0.15, -0.1) is 0 Å². The Morgan fingerprint density at radius 1 is 1.00 bits per heavy atom. The van der Waals surface area contributed by atoms with Gasteiger partial charge in [0.2, 0.25) is 10.0 Å². The Bertz CT molecular complexity index is 869. The number of halogens is 2. The van der Waals surface area contributed by atoms with Crippen molar-refractivity contribution in [2.24, 2.45) is 0 Å². The Balaban J connectivity index is 1.79. The molecule has 2 aromatic rings. The number of sulfonamides is 1. The van der Waals surface area contributed by atoms with Crippen molar-refractivity contribution in [2.75, 3.05) is 24.5 Å². The Morgan fingerprint density at radius 2 is 1.68 bits per heavy atom. The van der Waals surface area contributed by atoms with Crippen LogP contribution in [0.1, 0.15) is 12.5 Å². The van der Waals surface area contributed by atoms with Crippen molar-refractivity contribution in [1.82, 2.24) is 4.31 Å². The van der Waals surface area contributed by atoms with Crippen molar-refractivity contribution in [2.45, 2.75) is 24.8 Å². The molecule has 4 nitrogen and oxygen atoms in total. The van der Waals surface area contributed by atoms with Crippen LogP contribution in [0.15, 0.2) is 47.4 Å². The largest absolute Gasteiger partial charge is 0.366 e. The van der Waals surface area contributed by atoms with E-state index < -0.39 is 21.7 Å². The number of hydrogen-bond acceptors (Lipinski definition) is 3. The lowest BCUT2D eigenvalue weighted by atomic mass is 10.1. The molecule has 1 atom stereocenters. The van der Waals surface area contributed by atoms with Gasteiger partial charge in [-0.25, -0.2) is 17.2 Å². The van der Waals surface area contributed by atoms with Crippen LogP contribution in [0.4, 0.5) is 14.5 Å². The van der Waals surface area contributed by atoms with E-state index >= 15 is 0 Å². The molecule has 0 radical (unpaired) electrons. The van der Waals surface area contributed by atoms with Gasteiger partial charge in [-0.05, 0) is 44.2 Å². The summed E-state index contributed by atoms with van der Waals surface area (Å²) in [5.41, 5.74) is 2.21. The van der Waals surface area contributed by atoms with Gasteiger partial charge in [0.05, 0.1) is 4.90 Å². The van der Waals surface area contributed by atoms with E-state index in [1.165, 1.54) is 4.31 Å². The lowest BCUT2D eigenvalue weighted by Crippen LogP contribution is -2.53. The fraction of sp³-hybridized carbons (Fsp3) is 0.333. The van der Waals surface area contributed by atoms with Crippen molar-refractivity contribution in [3.05, 3.63) is 59.7 Å². The number of hydrogen-bond donors (Lipinski definition) is 0. The predicted molar refractivity (Wildman–Crippen MR) is 93.1 cm³/mol. The molecule has 0 aliphatic carbocycles. The van der Waals surface area contributed by atoms with E-state index in [2.05, 4.69) is 4.90 Å². The molecule has 2 aromatic carbocycles. The van der Waals surface area contributed by atoms with Crippen LogP contribution in [-0.2, 0) is 10.0 Å². The van der Waals surface area contributed by atoms with E-state index in [1.807, 2.05) is 38.1 Å². The van der Waals surface area contributed by atoms with Gasteiger partial charge < -0.3 is 4.90 Å². The van der Waals surface area contributed by atoms with Crippen LogP contribution in [0.2, 0.25) is 0 Å². The summed E-state index contributed by atoms with van der Waals surface area (Å²) in [5.74, 6) is -2.22. The summed E-state index contributed by atoms with van der Waals surface area (Å²) in [6.07, 6.45) is 0. The normalized spacial score (nSPS) is 19.2. The molecule has 1 heterocycles. The number of nitrogens with zero attached hydrogens (tertiary/aromatic N) is 2. The molecule has 0 amide bonds. The predicted octanol–water partition coefficient (Wildman–Crippen LogP) is 3.17. The molecular formula is C18H20F2N2O2S. The van der Waals surface area contributed by atoms with E-state index in [9.17, 15) is 17.2 Å². The quantitative estimate of drug-likeness (QED) is 0.838. The van der Waals surface area contributed by atoms with Crippen molar-refractivity contribution >= 4 is 15.7 Å². The Morgan fingerprint density at radius 3 is 2.28 bits per heavy atom. The van der Waals surface area contributed by atoms with Crippen LogP contribution in [0.25, 0.3) is 0 Å². The minimum atomic E-state index is -3.85. The van der Waals surface area contributed by atoms with E-state index in [4.69, 9.17) is 0 Å². The van der Waals surface area contributed by atoms with Gasteiger partial charge in [0.15, 0.2) is 11.6 Å². The third-order valence-corrected chi connectivity index (χ3v) is 6.35. The van der Waals surface area contributed by atoms with Crippen molar-refractivity contribution in [1.29, 1.82) is 0 Å². The summed E-state index contributed by atoms with van der Waals surface area (Å²) in [7, 11) is -3.85. The van der Waals surface area contributed by atoms with Gasteiger partial charge >= 0.3 is 0 Å². The molecule has 25 heavy (non-hydrogen) atoms. The van der Waals surface area contributed by atoms with Crippen LogP contribution in [0, 0.1) is 18.6 Å². The summed E-state index contributed by atoms with van der Waals surface area (Å²) in [5, 5.41) is 0. The smallest absolute Gasteiger partial charge is 0.243 e. The summed E-state index contributed by atoms with van der Waals surface area (Å²) >= 11 is 0. The molecule has 1 aliphatic rings. The van der Waals surface area contributed by atoms with Gasteiger partial charge in [-0.1, -0.05) is 17.7 Å². The highest BCUT2D eigenvalue weighted by molar-refractivity contribution is 7.89. The first-order chi connectivity index (χ1) is 11.8. The third kappa shape index (κ3) is 3.52. The highest BCUT2D eigenvalue weighted by atomic mass is 32.2. The van der Waals surface area contributed by atoms with Gasteiger partial charge in [-0.2, -0.15) is 4.31 Å². The second-order valence-electron chi connectivity index (χ2n) is 6.32. The van der Waals surface area contributed by atoms with Gasteiger partial charge in [0.1, 0.15) is 0 Å². The standard InChI is InChI=1S/C18H20F2N2O2S/c1-13-3-5-15(6-4-13)22-10-9-21(12-14(22)2)25(23,24)16-7-8-17(19)18(20)11-16/h3-8,11,14H,9-10,12H2,1-2H3/t14-/m0/s1. The zero-order valence-electron chi connectivity index (χ0n) is 14.1. The SMILES string of the molecule is Cc1ccc(N2CCN(S(=O)(=O)c3ccc(F)c(F)c3)C[C@@H]2C)cc1. The van der Waals surface area contributed by atoms with E-state index in [1.54, 1.807) is 0 Å². The molecule has 3 rings (SSSR count). The maximum atomic E-state index is 13.4. The van der Waals surface area contributed by atoms with Gasteiger partial charge in [0.25, 0.3) is 0 Å². The summed E-state index contributed by atoms with van der Waals surface area (Å²) in [4.78, 5) is 1.93. The topological polar surface area (TPSA) is 40.6 Å². The summed E-state index contributed by atoms with van der Waals surface area (Å²) < 4.78 is 53.2. The maximum absolute atomic E-state index is 13.4. The second-order valence-corrected chi connectivity index (χ2v) is 8.25. The fourth-order valence-corrected chi connectivity index (χ4v) is 4.57. The number of benzene rings is 2. The molecule has 1 saturated heterocycles. The van der Waals surface area contributed by atoms with E-state index in [0.29, 0.717) is 13.1 Å². The molecule has 7 heteroatoms. The number of anilines is 1. The lowest BCUT2D eigenvalue weighted by Gasteiger charge is -2.40. The minimum absolute atomic E-state index is 0.0310. The minimum Gasteiger partial charge on any atom is -0.366 e. The zero-order valence-corrected chi connectivity index (χ0v) is 14.9. The average Bonchev–Trinajstić information content (AvgIpc) is 2.58. The van der Waals surface area contributed by atoms with Crippen molar-refractivity contribution < 1.29 is 17.2 Å². The van der Waals surface area contributed by atoms with Gasteiger partial charge in [-0.3, -0.25) is 0 Å². The number of rotatable bonds is 3. The van der Waals surface area contributed by atoms with Crippen molar-refractivity contribution in [3.63, 3.8) is 0 Å². The molecule has 0 bridgehead atoms.